The lowest BCUT2D eigenvalue weighted by atomic mass is 9.97. The summed E-state index contributed by atoms with van der Waals surface area (Å²) in [6, 6.07) is 6.07. The predicted molar refractivity (Wildman–Crippen MR) is 81.2 cm³/mol. The van der Waals surface area contributed by atoms with Gasteiger partial charge in [-0.3, -0.25) is 4.90 Å². The highest BCUT2D eigenvalue weighted by Gasteiger charge is 2.25. The highest BCUT2D eigenvalue weighted by atomic mass is 16.5. The molecule has 0 aromatic heterocycles. The quantitative estimate of drug-likeness (QED) is 0.861. The van der Waals surface area contributed by atoms with Gasteiger partial charge in [0, 0.05) is 32.2 Å². The van der Waals surface area contributed by atoms with Crippen LogP contribution in [0.2, 0.25) is 0 Å². The first-order chi connectivity index (χ1) is 9.63. The topological polar surface area (TPSA) is 44.7 Å². The zero-order chi connectivity index (χ0) is 14.5. The van der Waals surface area contributed by atoms with Crippen LogP contribution in [0.25, 0.3) is 0 Å². The monoisotopic (exact) mass is 278 g/mol. The molecule has 0 bridgehead atoms. The van der Waals surface area contributed by atoms with Crippen LogP contribution in [-0.4, -0.2) is 48.8 Å². The second-order valence-corrected chi connectivity index (χ2v) is 5.42. The van der Waals surface area contributed by atoms with E-state index in [-0.39, 0.29) is 6.04 Å². The van der Waals surface area contributed by atoms with Crippen molar-refractivity contribution in [2.75, 3.05) is 32.8 Å². The summed E-state index contributed by atoms with van der Waals surface area (Å²) < 4.78 is 5.50. The van der Waals surface area contributed by atoms with E-state index < -0.39 is 6.10 Å². The molecule has 1 aromatic carbocycles. The molecule has 2 unspecified atom stereocenters. The van der Waals surface area contributed by atoms with Gasteiger partial charge in [-0.25, -0.2) is 0 Å². The average molecular weight is 278 g/mol. The van der Waals surface area contributed by atoms with Gasteiger partial charge in [-0.1, -0.05) is 6.07 Å². The second kappa shape index (κ2) is 7.07. The fourth-order valence-electron chi connectivity index (χ4n) is 2.79. The first-order valence-corrected chi connectivity index (χ1v) is 7.49. The molecular weight excluding hydrogens is 252 g/mol. The summed E-state index contributed by atoms with van der Waals surface area (Å²) in [6.45, 7) is 10.8. The predicted octanol–water partition coefficient (Wildman–Crippen LogP) is 1.72. The number of piperazine rings is 1. The Hall–Kier alpha value is -1.10. The van der Waals surface area contributed by atoms with Gasteiger partial charge in [-0.05, 0) is 44.0 Å². The van der Waals surface area contributed by atoms with Gasteiger partial charge in [0.25, 0.3) is 0 Å². The minimum absolute atomic E-state index is 0.133. The maximum atomic E-state index is 10.6. The molecule has 20 heavy (non-hydrogen) atoms. The lowest BCUT2D eigenvalue weighted by molar-refractivity contribution is 0.0506. The number of hydrogen-bond acceptors (Lipinski definition) is 4. The van der Waals surface area contributed by atoms with E-state index in [1.54, 1.807) is 0 Å². The molecule has 4 heteroatoms. The number of benzene rings is 1. The fraction of sp³-hybridized carbons (Fsp3) is 0.625. The van der Waals surface area contributed by atoms with E-state index in [1.165, 1.54) is 0 Å². The van der Waals surface area contributed by atoms with E-state index in [1.807, 2.05) is 32.0 Å². The molecule has 2 rings (SSSR count). The molecule has 4 nitrogen and oxygen atoms in total. The normalized spacial score (nSPS) is 19.6. The third-order valence-electron chi connectivity index (χ3n) is 4.06. The molecule has 0 aliphatic carbocycles. The van der Waals surface area contributed by atoms with Crippen LogP contribution in [0.5, 0.6) is 5.75 Å². The van der Waals surface area contributed by atoms with Crippen molar-refractivity contribution in [1.82, 2.24) is 10.2 Å². The van der Waals surface area contributed by atoms with Crippen molar-refractivity contribution < 1.29 is 9.84 Å². The first-order valence-electron chi connectivity index (χ1n) is 7.49. The summed E-state index contributed by atoms with van der Waals surface area (Å²) >= 11 is 0. The van der Waals surface area contributed by atoms with Crippen LogP contribution in [0, 0.1) is 6.92 Å². The van der Waals surface area contributed by atoms with Gasteiger partial charge in [0.15, 0.2) is 0 Å². The molecule has 2 N–H and O–H groups in total. The van der Waals surface area contributed by atoms with Crippen molar-refractivity contribution in [3.05, 3.63) is 29.3 Å². The van der Waals surface area contributed by atoms with Gasteiger partial charge in [-0.15, -0.1) is 0 Å². The number of hydrogen-bond donors (Lipinski definition) is 2. The Balaban J connectivity index is 2.09. The van der Waals surface area contributed by atoms with Crippen LogP contribution in [0.3, 0.4) is 0 Å². The molecule has 0 saturated carbocycles. The van der Waals surface area contributed by atoms with Crippen LogP contribution in [0.1, 0.15) is 31.1 Å². The van der Waals surface area contributed by atoms with E-state index in [2.05, 4.69) is 17.1 Å². The summed E-state index contributed by atoms with van der Waals surface area (Å²) in [7, 11) is 0. The van der Waals surface area contributed by atoms with Crippen molar-refractivity contribution in [2.24, 2.45) is 0 Å². The summed E-state index contributed by atoms with van der Waals surface area (Å²) in [6.07, 6.45) is -0.455. The van der Waals surface area contributed by atoms with Crippen molar-refractivity contribution in [2.45, 2.75) is 32.9 Å². The molecule has 1 aliphatic heterocycles. The van der Waals surface area contributed by atoms with Crippen molar-refractivity contribution in [3.8, 4) is 5.75 Å². The van der Waals surface area contributed by atoms with E-state index in [9.17, 15) is 5.11 Å². The van der Waals surface area contributed by atoms with E-state index in [0.717, 1.165) is 43.1 Å². The summed E-state index contributed by atoms with van der Waals surface area (Å²) in [5.74, 6) is 0.871. The molecule has 0 radical (unpaired) electrons. The van der Waals surface area contributed by atoms with Crippen LogP contribution < -0.4 is 10.1 Å². The molecule has 2 atom stereocenters. The zero-order valence-electron chi connectivity index (χ0n) is 12.7. The molecular formula is C16H26N2O2. The van der Waals surface area contributed by atoms with Crippen LogP contribution >= 0.6 is 0 Å². The minimum atomic E-state index is -0.455. The van der Waals surface area contributed by atoms with Crippen LogP contribution in [0.4, 0.5) is 0 Å². The molecule has 1 heterocycles. The maximum absolute atomic E-state index is 10.6. The number of nitrogens with one attached hydrogen (secondary N) is 1. The molecule has 1 aromatic rings. The molecule has 1 aliphatic rings. The SMILES string of the molecule is CCOc1ccc(C(O)C(C)N2CCNCC2)c(C)c1. The summed E-state index contributed by atoms with van der Waals surface area (Å²) in [4.78, 5) is 2.34. The van der Waals surface area contributed by atoms with E-state index in [4.69, 9.17) is 4.74 Å². The van der Waals surface area contributed by atoms with Crippen molar-refractivity contribution >= 4 is 0 Å². The Labute approximate surface area is 121 Å². The summed E-state index contributed by atoms with van der Waals surface area (Å²) in [5, 5.41) is 14.0. The molecule has 112 valence electrons. The van der Waals surface area contributed by atoms with Gasteiger partial charge >= 0.3 is 0 Å². The second-order valence-electron chi connectivity index (χ2n) is 5.42. The Morgan fingerprint density at radius 3 is 2.65 bits per heavy atom. The van der Waals surface area contributed by atoms with Crippen LogP contribution in [-0.2, 0) is 0 Å². The zero-order valence-corrected chi connectivity index (χ0v) is 12.7. The van der Waals surface area contributed by atoms with Gasteiger partial charge < -0.3 is 15.2 Å². The molecule has 1 saturated heterocycles. The third-order valence-corrected chi connectivity index (χ3v) is 4.06. The Morgan fingerprint density at radius 2 is 2.05 bits per heavy atom. The largest absolute Gasteiger partial charge is 0.494 e. The van der Waals surface area contributed by atoms with Crippen molar-refractivity contribution in [3.63, 3.8) is 0 Å². The molecule has 0 amide bonds. The van der Waals surface area contributed by atoms with Crippen LogP contribution in [0.15, 0.2) is 18.2 Å². The number of aliphatic hydroxyl groups is 1. The number of ether oxygens (including phenoxy) is 1. The lowest BCUT2D eigenvalue weighted by Gasteiger charge is -2.35. The van der Waals surface area contributed by atoms with E-state index >= 15 is 0 Å². The number of nitrogens with zero attached hydrogens (tertiary/aromatic N) is 1. The van der Waals surface area contributed by atoms with Gasteiger partial charge in [0.1, 0.15) is 5.75 Å². The Bertz CT molecular complexity index is 430. The lowest BCUT2D eigenvalue weighted by Crippen LogP contribution is -2.49. The van der Waals surface area contributed by atoms with Crippen molar-refractivity contribution in [1.29, 1.82) is 0 Å². The average Bonchev–Trinajstić information content (AvgIpc) is 2.47. The van der Waals surface area contributed by atoms with Gasteiger partial charge in [0.05, 0.1) is 12.7 Å². The first kappa shape index (κ1) is 15.3. The number of aryl methyl sites for hydroxylation is 1. The summed E-state index contributed by atoms with van der Waals surface area (Å²) in [5.41, 5.74) is 2.09. The minimum Gasteiger partial charge on any atom is -0.494 e. The third kappa shape index (κ3) is 3.51. The number of aliphatic hydroxyl groups excluding tert-OH is 1. The molecule has 0 spiro atoms. The van der Waals surface area contributed by atoms with Gasteiger partial charge in [-0.2, -0.15) is 0 Å². The Kier molecular flexibility index (Phi) is 5.40. The highest BCUT2D eigenvalue weighted by Crippen LogP contribution is 2.27. The fourth-order valence-corrected chi connectivity index (χ4v) is 2.79. The highest BCUT2D eigenvalue weighted by molar-refractivity contribution is 5.36. The Morgan fingerprint density at radius 1 is 1.35 bits per heavy atom. The smallest absolute Gasteiger partial charge is 0.119 e. The van der Waals surface area contributed by atoms with E-state index in [0.29, 0.717) is 6.61 Å². The standard InChI is InChI=1S/C16H26N2O2/c1-4-20-14-5-6-15(12(2)11-14)16(19)13(3)18-9-7-17-8-10-18/h5-6,11,13,16-17,19H,4,7-10H2,1-3H3. The molecule has 1 fully saturated rings. The maximum Gasteiger partial charge on any atom is 0.119 e. The van der Waals surface area contributed by atoms with Gasteiger partial charge in [0.2, 0.25) is 0 Å². The number of rotatable bonds is 5.